The first kappa shape index (κ1) is 28.8. The van der Waals surface area contributed by atoms with Crippen molar-refractivity contribution in [2.75, 3.05) is 13.7 Å². The van der Waals surface area contributed by atoms with Crippen molar-refractivity contribution in [2.24, 2.45) is 15.9 Å². The van der Waals surface area contributed by atoms with E-state index < -0.39 is 0 Å². The van der Waals surface area contributed by atoms with Gasteiger partial charge in [-0.15, -0.1) is 37.2 Å². The highest BCUT2D eigenvalue weighted by atomic mass is 35.5. The Morgan fingerprint density at radius 1 is 1.13 bits per heavy atom. The lowest BCUT2D eigenvalue weighted by atomic mass is 10.00. The third-order valence-corrected chi connectivity index (χ3v) is 4.53. The van der Waals surface area contributed by atoms with Crippen LogP contribution in [0.1, 0.15) is 29.8 Å². The van der Waals surface area contributed by atoms with Crippen LogP contribution in [0, 0.1) is 12.8 Å². The maximum atomic E-state index is 12.3. The SMILES string of the molecule is COc1cccnc1CCCCN=C1N=CC(Cc2ccc(C)nc2)C(=O)N1.Cl.Cl.Cl. The summed E-state index contributed by atoms with van der Waals surface area (Å²) in [5.74, 6) is 0.832. The molecule has 1 amide bonds. The van der Waals surface area contributed by atoms with Gasteiger partial charge < -0.3 is 4.74 Å². The quantitative estimate of drug-likeness (QED) is 0.572. The van der Waals surface area contributed by atoms with Crippen LogP contribution in [0.4, 0.5) is 0 Å². The summed E-state index contributed by atoms with van der Waals surface area (Å²) in [6, 6.07) is 7.71. The van der Waals surface area contributed by atoms with Crippen LogP contribution in [0.5, 0.6) is 5.75 Å². The zero-order valence-corrected chi connectivity index (χ0v) is 19.9. The van der Waals surface area contributed by atoms with Crippen molar-refractivity contribution in [3.63, 3.8) is 0 Å². The van der Waals surface area contributed by atoms with Crippen LogP contribution in [0.15, 0.2) is 46.6 Å². The number of aliphatic imine (C=N–C) groups is 2. The van der Waals surface area contributed by atoms with Gasteiger partial charge in [-0.25, -0.2) is 4.99 Å². The minimum Gasteiger partial charge on any atom is -0.495 e. The molecule has 0 saturated carbocycles. The lowest BCUT2D eigenvalue weighted by molar-refractivity contribution is -0.121. The summed E-state index contributed by atoms with van der Waals surface area (Å²) in [6.45, 7) is 2.54. The van der Waals surface area contributed by atoms with Gasteiger partial charge >= 0.3 is 0 Å². The first-order valence-corrected chi connectivity index (χ1v) is 9.44. The molecule has 2 aromatic rings. The molecule has 31 heavy (non-hydrogen) atoms. The fourth-order valence-electron chi connectivity index (χ4n) is 2.95. The van der Waals surface area contributed by atoms with Gasteiger partial charge in [-0.05, 0) is 56.4 Å². The Labute approximate surface area is 201 Å². The van der Waals surface area contributed by atoms with E-state index in [1.54, 1.807) is 25.7 Å². The monoisotopic (exact) mass is 487 g/mol. The zero-order valence-electron chi connectivity index (χ0n) is 17.5. The van der Waals surface area contributed by atoms with Crippen LogP contribution in [0.25, 0.3) is 0 Å². The Morgan fingerprint density at radius 3 is 2.61 bits per heavy atom. The number of amides is 1. The second-order valence-electron chi connectivity index (χ2n) is 6.70. The highest BCUT2D eigenvalue weighted by Crippen LogP contribution is 2.16. The smallest absolute Gasteiger partial charge is 0.235 e. The molecule has 1 aliphatic heterocycles. The summed E-state index contributed by atoms with van der Waals surface area (Å²) in [5.41, 5.74) is 2.93. The van der Waals surface area contributed by atoms with Crippen molar-refractivity contribution < 1.29 is 9.53 Å². The molecule has 0 spiro atoms. The standard InChI is InChI=1S/C21H25N5O2.3ClH/c1-15-8-9-16(13-24-15)12-17-14-25-21(26-20(17)27)23-10-4-3-6-18-19(28-2)7-5-11-22-18;;;/h5,7-9,11,13-14,17H,3-4,6,10,12H2,1-2H3,(H,23,26,27);3*1H. The fraction of sp³-hybridized carbons (Fsp3) is 0.381. The van der Waals surface area contributed by atoms with Gasteiger partial charge in [0.05, 0.1) is 18.7 Å². The molecule has 0 fully saturated rings. The molecule has 1 atom stereocenters. The van der Waals surface area contributed by atoms with Crippen molar-refractivity contribution in [3.8, 4) is 5.75 Å². The van der Waals surface area contributed by atoms with Gasteiger partial charge in [0.2, 0.25) is 11.9 Å². The summed E-state index contributed by atoms with van der Waals surface area (Å²) in [5, 5.41) is 2.79. The Balaban J connectivity index is 0.00000300. The van der Waals surface area contributed by atoms with E-state index in [4.69, 9.17) is 4.74 Å². The number of nitrogens with one attached hydrogen (secondary N) is 1. The van der Waals surface area contributed by atoms with E-state index in [0.717, 1.165) is 42.0 Å². The number of rotatable bonds is 8. The van der Waals surface area contributed by atoms with E-state index in [1.165, 1.54) is 0 Å². The number of hydrogen-bond donors (Lipinski definition) is 1. The van der Waals surface area contributed by atoms with Gasteiger partial charge in [-0.1, -0.05) is 6.07 Å². The minimum absolute atomic E-state index is 0. The van der Waals surface area contributed by atoms with Crippen LogP contribution in [0.3, 0.4) is 0 Å². The van der Waals surface area contributed by atoms with E-state index >= 15 is 0 Å². The number of ether oxygens (including phenoxy) is 1. The molecule has 7 nitrogen and oxygen atoms in total. The first-order chi connectivity index (χ1) is 13.7. The predicted octanol–water partition coefficient (Wildman–Crippen LogP) is 3.80. The van der Waals surface area contributed by atoms with E-state index in [9.17, 15) is 4.79 Å². The van der Waals surface area contributed by atoms with Crippen molar-refractivity contribution in [1.29, 1.82) is 0 Å². The normalized spacial score (nSPS) is 15.9. The number of carbonyl (C=O) groups excluding carboxylic acids is 1. The Hall–Kier alpha value is -2.22. The first-order valence-electron chi connectivity index (χ1n) is 9.44. The number of unbranched alkanes of at least 4 members (excludes halogenated alkanes) is 1. The number of carbonyl (C=O) groups is 1. The van der Waals surface area contributed by atoms with Crippen LogP contribution in [-0.4, -0.2) is 41.7 Å². The molecule has 2 aromatic heterocycles. The largest absolute Gasteiger partial charge is 0.495 e. The number of halogens is 3. The summed E-state index contributed by atoms with van der Waals surface area (Å²) in [6.07, 6.45) is 8.48. The van der Waals surface area contributed by atoms with Crippen molar-refractivity contribution >= 4 is 55.3 Å². The maximum Gasteiger partial charge on any atom is 0.235 e. The minimum atomic E-state index is -0.292. The number of hydrogen-bond acceptors (Lipinski definition) is 5. The van der Waals surface area contributed by atoms with Gasteiger partial charge in [-0.2, -0.15) is 0 Å². The molecule has 0 saturated heterocycles. The Bertz CT molecular complexity index is 876. The molecule has 0 aliphatic carbocycles. The van der Waals surface area contributed by atoms with E-state index in [-0.39, 0.29) is 49.0 Å². The van der Waals surface area contributed by atoms with Gasteiger partial charge in [-0.3, -0.25) is 25.1 Å². The van der Waals surface area contributed by atoms with E-state index in [1.807, 2.05) is 31.2 Å². The zero-order chi connectivity index (χ0) is 19.8. The molecule has 0 bridgehead atoms. The van der Waals surface area contributed by atoms with Crippen LogP contribution in [-0.2, 0) is 17.6 Å². The van der Waals surface area contributed by atoms with Gasteiger partial charge in [0.25, 0.3) is 0 Å². The van der Waals surface area contributed by atoms with Crippen molar-refractivity contribution in [3.05, 3.63) is 53.6 Å². The second kappa shape index (κ2) is 14.7. The van der Waals surface area contributed by atoms with Gasteiger partial charge in [0, 0.05) is 30.8 Å². The fourth-order valence-corrected chi connectivity index (χ4v) is 2.95. The predicted molar refractivity (Wildman–Crippen MR) is 131 cm³/mol. The second-order valence-corrected chi connectivity index (χ2v) is 6.70. The maximum absolute atomic E-state index is 12.3. The summed E-state index contributed by atoms with van der Waals surface area (Å²) in [4.78, 5) is 29.6. The number of guanidine groups is 1. The molecule has 0 aromatic carbocycles. The van der Waals surface area contributed by atoms with Crippen molar-refractivity contribution in [1.82, 2.24) is 15.3 Å². The molecule has 1 unspecified atom stereocenters. The Kier molecular flexibility index (Phi) is 13.7. The topological polar surface area (TPSA) is 88.8 Å². The molecular formula is C21H28Cl3N5O2. The molecule has 0 radical (unpaired) electrons. The lowest BCUT2D eigenvalue weighted by Gasteiger charge is -2.17. The molecule has 3 rings (SSSR count). The molecule has 10 heteroatoms. The summed E-state index contributed by atoms with van der Waals surface area (Å²) >= 11 is 0. The highest BCUT2D eigenvalue weighted by Gasteiger charge is 2.22. The number of aromatic nitrogens is 2. The number of methoxy groups -OCH3 is 1. The third kappa shape index (κ3) is 8.81. The number of nitrogens with zero attached hydrogens (tertiary/aromatic N) is 4. The third-order valence-electron chi connectivity index (χ3n) is 4.53. The van der Waals surface area contributed by atoms with Gasteiger partial charge in [0.15, 0.2) is 0 Å². The summed E-state index contributed by atoms with van der Waals surface area (Å²) < 4.78 is 5.31. The highest BCUT2D eigenvalue weighted by molar-refractivity contribution is 6.11. The average Bonchev–Trinajstić information content (AvgIpc) is 2.71. The lowest BCUT2D eigenvalue weighted by Crippen LogP contribution is -2.40. The Morgan fingerprint density at radius 2 is 1.94 bits per heavy atom. The average molecular weight is 489 g/mol. The van der Waals surface area contributed by atoms with E-state index in [2.05, 4.69) is 25.3 Å². The van der Waals surface area contributed by atoms with Crippen LogP contribution >= 0.6 is 37.2 Å². The number of pyridine rings is 2. The van der Waals surface area contributed by atoms with Crippen LogP contribution in [0.2, 0.25) is 0 Å². The molecule has 1 N–H and O–H groups in total. The van der Waals surface area contributed by atoms with Crippen LogP contribution < -0.4 is 10.1 Å². The molecule has 1 aliphatic rings. The molecular weight excluding hydrogens is 461 g/mol. The van der Waals surface area contributed by atoms with Crippen molar-refractivity contribution in [2.45, 2.75) is 32.6 Å². The van der Waals surface area contributed by atoms with Gasteiger partial charge in [0.1, 0.15) is 5.75 Å². The molecule has 170 valence electrons. The van der Waals surface area contributed by atoms with E-state index in [0.29, 0.717) is 18.9 Å². The number of aryl methyl sites for hydroxylation is 2. The summed E-state index contributed by atoms with van der Waals surface area (Å²) in [7, 11) is 1.65. The molecule has 3 heterocycles.